The monoisotopic (exact) mass is 368 g/mol. The Hall–Kier alpha value is -2.13. The number of rotatable bonds is 5. The van der Waals surface area contributed by atoms with Crippen molar-refractivity contribution in [1.82, 2.24) is 14.7 Å². The third-order valence-electron chi connectivity index (χ3n) is 4.25. The standard InChI is InChI=1S/C16H18F2N4O2S/c17-14-2-1-13(9-15(14)18)25(23,24)21-10-12-3-7-22(8-4-12)16-11-19-5-6-20-16/h1-2,5-6,9,11-12,21H,3-4,7-8,10H2. The van der Waals surface area contributed by atoms with Gasteiger partial charge in [0.05, 0.1) is 11.1 Å². The minimum absolute atomic E-state index is 0.174. The molecule has 0 amide bonds. The molecule has 25 heavy (non-hydrogen) atoms. The number of piperidine rings is 1. The molecule has 0 aliphatic carbocycles. The fourth-order valence-electron chi connectivity index (χ4n) is 2.78. The molecular formula is C16H18F2N4O2S. The predicted molar refractivity (Wildman–Crippen MR) is 88.5 cm³/mol. The van der Waals surface area contributed by atoms with Crippen LogP contribution in [-0.2, 0) is 10.0 Å². The first-order valence-corrected chi connectivity index (χ1v) is 9.40. The topological polar surface area (TPSA) is 75.2 Å². The van der Waals surface area contributed by atoms with E-state index in [2.05, 4.69) is 19.6 Å². The van der Waals surface area contributed by atoms with Crippen molar-refractivity contribution in [3.63, 3.8) is 0 Å². The molecule has 1 N–H and O–H groups in total. The molecule has 1 fully saturated rings. The van der Waals surface area contributed by atoms with Gasteiger partial charge in [-0.3, -0.25) is 4.98 Å². The Morgan fingerprint density at radius 1 is 1.16 bits per heavy atom. The lowest BCUT2D eigenvalue weighted by Crippen LogP contribution is -2.39. The molecule has 0 atom stereocenters. The summed E-state index contributed by atoms with van der Waals surface area (Å²) in [5.74, 6) is -1.27. The van der Waals surface area contributed by atoms with E-state index in [9.17, 15) is 17.2 Å². The summed E-state index contributed by atoms with van der Waals surface area (Å²) in [6.07, 6.45) is 6.56. The van der Waals surface area contributed by atoms with Gasteiger partial charge in [-0.1, -0.05) is 0 Å². The van der Waals surface area contributed by atoms with Crippen LogP contribution >= 0.6 is 0 Å². The first-order chi connectivity index (χ1) is 12.0. The molecule has 134 valence electrons. The number of benzene rings is 1. The number of hydrogen-bond acceptors (Lipinski definition) is 5. The third kappa shape index (κ3) is 4.29. The van der Waals surface area contributed by atoms with Gasteiger partial charge in [-0.05, 0) is 37.0 Å². The lowest BCUT2D eigenvalue weighted by molar-refractivity contribution is 0.400. The first-order valence-electron chi connectivity index (χ1n) is 7.91. The van der Waals surface area contributed by atoms with Crippen LogP contribution in [0.1, 0.15) is 12.8 Å². The number of halogens is 2. The smallest absolute Gasteiger partial charge is 0.240 e. The molecule has 2 heterocycles. The number of hydrogen-bond donors (Lipinski definition) is 1. The van der Waals surface area contributed by atoms with Crippen molar-refractivity contribution < 1.29 is 17.2 Å². The van der Waals surface area contributed by atoms with Gasteiger partial charge >= 0.3 is 0 Å². The van der Waals surface area contributed by atoms with Crippen molar-refractivity contribution >= 4 is 15.8 Å². The SMILES string of the molecule is O=S(=O)(NCC1CCN(c2cnccn2)CC1)c1ccc(F)c(F)c1. The molecule has 2 aromatic rings. The van der Waals surface area contributed by atoms with E-state index in [4.69, 9.17) is 0 Å². The number of nitrogens with one attached hydrogen (secondary N) is 1. The molecule has 1 aliphatic rings. The van der Waals surface area contributed by atoms with E-state index in [0.717, 1.165) is 43.9 Å². The van der Waals surface area contributed by atoms with Crippen LogP contribution in [0.15, 0.2) is 41.7 Å². The average Bonchev–Trinajstić information content (AvgIpc) is 2.63. The van der Waals surface area contributed by atoms with Gasteiger partial charge in [-0.15, -0.1) is 0 Å². The predicted octanol–water partition coefficient (Wildman–Crippen LogP) is 1.95. The Morgan fingerprint density at radius 2 is 1.92 bits per heavy atom. The highest BCUT2D eigenvalue weighted by molar-refractivity contribution is 7.89. The maximum absolute atomic E-state index is 13.2. The molecule has 0 radical (unpaired) electrons. The van der Waals surface area contributed by atoms with Crippen LogP contribution in [0.3, 0.4) is 0 Å². The Morgan fingerprint density at radius 3 is 2.56 bits per heavy atom. The summed E-state index contributed by atoms with van der Waals surface area (Å²) in [5.41, 5.74) is 0. The summed E-state index contributed by atoms with van der Waals surface area (Å²) in [6, 6.07) is 2.55. The second-order valence-corrected chi connectivity index (χ2v) is 7.69. The van der Waals surface area contributed by atoms with Gasteiger partial charge in [0, 0.05) is 32.0 Å². The molecule has 1 aliphatic heterocycles. The van der Waals surface area contributed by atoms with E-state index in [-0.39, 0.29) is 17.4 Å². The molecule has 0 unspecified atom stereocenters. The van der Waals surface area contributed by atoms with Crippen molar-refractivity contribution in [1.29, 1.82) is 0 Å². The van der Waals surface area contributed by atoms with Crippen LogP contribution < -0.4 is 9.62 Å². The second-order valence-electron chi connectivity index (χ2n) is 5.92. The van der Waals surface area contributed by atoms with Crippen molar-refractivity contribution in [2.75, 3.05) is 24.5 Å². The lowest BCUT2D eigenvalue weighted by Gasteiger charge is -2.32. The Balaban J connectivity index is 1.55. The maximum Gasteiger partial charge on any atom is 0.240 e. The van der Waals surface area contributed by atoms with Gasteiger partial charge in [-0.25, -0.2) is 26.9 Å². The van der Waals surface area contributed by atoms with Crippen molar-refractivity contribution in [3.05, 3.63) is 48.4 Å². The number of aromatic nitrogens is 2. The van der Waals surface area contributed by atoms with Crippen molar-refractivity contribution in [3.8, 4) is 0 Å². The zero-order valence-corrected chi connectivity index (χ0v) is 14.2. The summed E-state index contributed by atoms with van der Waals surface area (Å²) in [7, 11) is -3.86. The van der Waals surface area contributed by atoms with E-state index in [1.807, 2.05) is 0 Å². The van der Waals surface area contributed by atoms with E-state index in [1.54, 1.807) is 18.6 Å². The zero-order chi connectivity index (χ0) is 17.9. The molecule has 0 spiro atoms. The van der Waals surface area contributed by atoms with Crippen molar-refractivity contribution in [2.24, 2.45) is 5.92 Å². The molecule has 9 heteroatoms. The van der Waals surface area contributed by atoms with Crippen LogP contribution in [0.2, 0.25) is 0 Å². The van der Waals surface area contributed by atoms with Crippen LogP contribution in [0, 0.1) is 17.6 Å². The molecule has 3 rings (SSSR count). The van der Waals surface area contributed by atoms with E-state index in [1.165, 1.54) is 0 Å². The molecule has 1 aromatic carbocycles. The molecule has 0 bridgehead atoms. The van der Waals surface area contributed by atoms with Crippen LogP contribution in [-0.4, -0.2) is 38.0 Å². The minimum atomic E-state index is -3.86. The summed E-state index contributed by atoms with van der Waals surface area (Å²) < 4.78 is 53.0. The van der Waals surface area contributed by atoms with Crippen molar-refractivity contribution in [2.45, 2.75) is 17.7 Å². The van der Waals surface area contributed by atoms with E-state index < -0.39 is 21.7 Å². The van der Waals surface area contributed by atoms with Crippen LogP contribution in [0.4, 0.5) is 14.6 Å². The molecule has 1 saturated heterocycles. The molecule has 6 nitrogen and oxygen atoms in total. The fourth-order valence-corrected chi connectivity index (χ4v) is 3.90. The highest BCUT2D eigenvalue weighted by atomic mass is 32.2. The van der Waals surface area contributed by atoms with Gasteiger partial charge in [0.25, 0.3) is 0 Å². The molecule has 1 aromatic heterocycles. The maximum atomic E-state index is 13.2. The summed E-state index contributed by atoms with van der Waals surface area (Å²) in [4.78, 5) is 10.1. The van der Waals surface area contributed by atoms with Gasteiger partial charge in [0.15, 0.2) is 11.6 Å². The Labute approximate surface area is 145 Å². The summed E-state index contributed by atoms with van der Waals surface area (Å²) in [6.45, 7) is 1.78. The number of sulfonamides is 1. The lowest BCUT2D eigenvalue weighted by atomic mass is 9.97. The first kappa shape index (κ1) is 17.7. The second kappa shape index (κ2) is 7.40. The number of anilines is 1. The highest BCUT2D eigenvalue weighted by Gasteiger charge is 2.23. The zero-order valence-electron chi connectivity index (χ0n) is 13.4. The molecule has 0 saturated carbocycles. The summed E-state index contributed by atoms with van der Waals surface area (Å²) in [5, 5.41) is 0. The minimum Gasteiger partial charge on any atom is -0.355 e. The quantitative estimate of drug-likeness (QED) is 0.873. The van der Waals surface area contributed by atoms with Gasteiger partial charge in [0.2, 0.25) is 10.0 Å². The van der Waals surface area contributed by atoms with Crippen LogP contribution in [0.5, 0.6) is 0 Å². The highest BCUT2D eigenvalue weighted by Crippen LogP contribution is 2.21. The van der Waals surface area contributed by atoms with Gasteiger partial charge in [0.1, 0.15) is 5.82 Å². The van der Waals surface area contributed by atoms with Crippen LogP contribution in [0.25, 0.3) is 0 Å². The number of nitrogens with zero attached hydrogens (tertiary/aromatic N) is 3. The average molecular weight is 368 g/mol. The van der Waals surface area contributed by atoms with Gasteiger partial charge < -0.3 is 4.90 Å². The largest absolute Gasteiger partial charge is 0.355 e. The summed E-state index contributed by atoms with van der Waals surface area (Å²) >= 11 is 0. The van der Waals surface area contributed by atoms with E-state index in [0.29, 0.717) is 6.07 Å². The third-order valence-corrected chi connectivity index (χ3v) is 5.67. The van der Waals surface area contributed by atoms with E-state index >= 15 is 0 Å². The Bertz CT molecular complexity index is 825. The molecular weight excluding hydrogens is 350 g/mol. The fraction of sp³-hybridized carbons (Fsp3) is 0.375. The van der Waals surface area contributed by atoms with Gasteiger partial charge in [-0.2, -0.15) is 0 Å². The normalized spacial score (nSPS) is 16.2. The Kier molecular flexibility index (Phi) is 5.24.